The van der Waals surface area contributed by atoms with Crippen molar-refractivity contribution < 1.29 is 19.1 Å². The molecule has 0 spiro atoms. The molecule has 1 aromatic carbocycles. The number of methoxy groups -OCH3 is 2. The SMILES string of the molecule is COc1ccc(CNC(=O)C(C)(C)C(=O)N(C)CCc2ccncc2)cc1OC. The van der Waals surface area contributed by atoms with Crippen LogP contribution in [0.25, 0.3) is 0 Å². The summed E-state index contributed by atoms with van der Waals surface area (Å²) in [5.74, 6) is 0.656. The Bertz CT molecular complexity index is 837. The van der Waals surface area contributed by atoms with Gasteiger partial charge in [-0.2, -0.15) is 0 Å². The van der Waals surface area contributed by atoms with Gasteiger partial charge >= 0.3 is 0 Å². The van der Waals surface area contributed by atoms with E-state index in [1.807, 2.05) is 18.2 Å². The molecule has 156 valence electrons. The Morgan fingerprint density at radius 1 is 1.03 bits per heavy atom. The van der Waals surface area contributed by atoms with E-state index in [1.54, 1.807) is 64.5 Å². The number of carbonyl (C=O) groups is 2. The molecule has 7 heteroatoms. The molecular weight excluding hydrogens is 370 g/mol. The van der Waals surface area contributed by atoms with Crippen molar-refractivity contribution in [1.29, 1.82) is 0 Å². The summed E-state index contributed by atoms with van der Waals surface area (Å²) in [4.78, 5) is 31.1. The lowest BCUT2D eigenvalue weighted by atomic mass is 9.90. The predicted octanol–water partition coefficient (Wildman–Crippen LogP) is 2.44. The molecule has 0 atom stereocenters. The fraction of sp³-hybridized carbons (Fsp3) is 0.409. The minimum absolute atomic E-state index is 0.226. The lowest BCUT2D eigenvalue weighted by Crippen LogP contribution is -2.48. The lowest BCUT2D eigenvalue weighted by Gasteiger charge is -2.28. The van der Waals surface area contributed by atoms with Gasteiger partial charge in [0.05, 0.1) is 14.2 Å². The molecule has 2 aromatic rings. The molecule has 29 heavy (non-hydrogen) atoms. The van der Waals surface area contributed by atoms with Crippen molar-refractivity contribution >= 4 is 11.8 Å². The van der Waals surface area contributed by atoms with Crippen molar-refractivity contribution in [1.82, 2.24) is 15.2 Å². The van der Waals surface area contributed by atoms with Crippen molar-refractivity contribution in [3.05, 3.63) is 53.9 Å². The second kappa shape index (κ2) is 9.91. The smallest absolute Gasteiger partial charge is 0.237 e. The lowest BCUT2D eigenvalue weighted by molar-refractivity contribution is -0.147. The minimum Gasteiger partial charge on any atom is -0.493 e. The molecule has 0 bridgehead atoms. The summed E-state index contributed by atoms with van der Waals surface area (Å²) in [6, 6.07) is 9.26. The van der Waals surface area contributed by atoms with Crippen LogP contribution in [0.15, 0.2) is 42.7 Å². The number of nitrogens with zero attached hydrogens (tertiary/aromatic N) is 2. The standard InChI is InChI=1S/C22H29N3O4/c1-22(2,21(27)25(3)13-10-16-8-11-23-12-9-16)20(26)24-15-17-6-7-18(28-4)19(14-17)29-5/h6-9,11-12,14H,10,13,15H2,1-5H3,(H,24,26). The number of hydrogen-bond donors (Lipinski definition) is 1. The van der Waals surface area contributed by atoms with Gasteiger partial charge in [0.15, 0.2) is 11.5 Å². The topological polar surface area (TPSA) is 80.8 Å². The van der Waals surface area contributed by atoms with Gasteiger partial charge in [0, 0.05) is 32.5 Å². The van der Waals surface area contributed by atoms with Crippen LogP contribution in [-0.2, 0) is 22.6 Å². The van der Waals surface area contributed by atoms with E-state index in [2.05, 4.69) is 10.3 Å². The van der Waals surface area contributed by atoms with Gasteiger partial charge in [0.1, 0.15) is 5.41 Å². The van der Waals surface area contributed by atoms with Crippen molar-refractivity contribution in [3.8, 4) is 11.5 Å². The Morgan fingerprint density at radius 2 is 1.69 bits per heavy atom. The molecule has 0 radical (unpaired) electrons. The van der Waals surface area contributed by atoms with Crippen LogP contribution in [0.1, 0.15) is 25.0 Å². The van der Waals surface area contributed by atoms with E-state index in [0.717, 1.165) is 11.1 Å². The first-order chi connectivity index (χ1) is 13.8. The highest BCUT2D eigenvalue weighted by atomic mass is 16.5. The summed E-state index contributed by atoms with van der Waals surface area (Å²) in [5.41, 5.74) is 0.768. The molecule has 1 heterocycles. The van der Waals surface area contributed by atoms with Crippen molar-refractivity contribution in [2.45, 2.75) is 26.8 Å². The van der Waals surface area contributed by atoms with Gasteiger partial charge in [-0.3, -0.25) is 14.6 Å². The molecule has 0 saturated carbocycles. The molecule has 0 unspecified atom stereocenters. The molecule has 0 aliphatic heterocycles. The van der Waals surface area contributed by atoms with Gasteiger partial charge in [-0.1, -0.05) is 6.07 Å². The largest absolute Gasteiger partial charge is 0.493 e. The van der Waals surface area contributed by atoms with E-state index in [0.29, 0.717) is 24.5 Å². The third kappa shape index (κ3) is 5.70. The molecule has 0 aliphatic rings. The number of ether oxygens (including phenoxy) is 2. The molecule has 0 aliphatic carbocycles. The van der Waals surface area contributed by atoms with Crippen LogP contribution >= 0.6 is 0 Å². The number of pyridine rings is 1. The molecule has 2 rings (SSSR count). The average molecular weight is 399 g/mol. The summed E-state index contributed by atoms with van der Waals surface area (Å²) < 4.78 is 10.5. The third-order valence-corrected chi connectivity index (χ3v) is 4.84. The molecule has 0 fully saturated rings. The number of amides is 2. The number of aromatic nitrogens is 1. The minimum atomic E-state index is -1.18. The molecule has 7 nitrogen and oxygen atoms in total. The highest BCUT2D eigenvalue weighted by Crippen LogP contribution is 2.27. The second-order valence-electron chi connectivity index (χ2n) is 7.33. The van der Waals surface area contributed by atoms with Crippen molar-refractivity contribution in [3.63, 3.8) is 0 Å². The molecule has 2 amide bonds. The number of hydrogen-bond acceptors (Lipinski definition) is 5. The van der Waals surface area contributed by atoms with E-state index in [9.17, 15) is 9.59 Å². The number of likely N-dealkylation sites (N-methyl/N-ethyl adjacent to an activating group) is 1. The van der Waals surface area contributed by atoms with Crippen molar-refractivity contribution in [2.24, 2.45) is 5.41 Å². The molecule has 1 aromatic heterocycles. The summed E-state index contributed by atoms with van der Waals surface area (Å²) in [6.07, 6.45) is 4.15. The highest BCUT2D eigenvalue weighted by molar-refractivity contribution is 6.04. The van der Waals surface area contributed by atoms with Gasteiger partial charge in [0.25, 0.3) is 0 Å². The van der Waals surface area contributed by atoms with Gasteiger partial charge in [-0.05, 0) is 55.7 Å². The van der Waals surface area contributed by atoms with Gasteiger partial charge in [-0.15, -0.1) is 0 Å². The summed E-state index contributed by atoms with van der Waals surface area (Å²) in [5, 5.41) is 2.85. The van der Waals surface area contributed by atoms with E-state index in [1.165, 1.54) is 0 Å². The van der Waals surface area contributed by atoms with Crippen LogP contribution in [0.3, 0.4) is 0 Å². The highest BCUT2D eigenvalue weighted by Gasteiger charge is 2.37. The Balaban J connectivity index is 1.94. The van der Waals surface area contributed by atoms with Gasteiger partial charge in [0.2, 0.25) is 11.8 Å². The van der Waals surface area contributed by atoms with Crippen LogP contribution in [-0.4, -0.2) is 49.5 Å². The van der Waals surface area contributed by atoms with Crippen LogP contribution in [0, 0.1) is 5.41 Å². The first-order valence-corrected chi connectivity index (χ1v) is 9.43. The van der Waals surface area contributed by atoms with E-state index >= 15 is 0 Å². The third-order valence-electron chi connectivity index (χ3n) is 4.84. The number of carbonyl (C=O) groups excluding carboxylic acids is 2. The molecular formula is C22H29N3O4. The normalized spacial score (nSPS) is 10.9. The van der Waals surface area contributed by atoms with E-state index in [4.69, 9.17) is 9.47 Å². The van der Waals surface area contributed by atoms with Crippen LogP contribution in [0.2, 0.25) is 0 Å². The van der Waals surface area contributed by atoms with Crippen LogP contribution in [0.4, 0.5) is 0 Å². The first-order valence-electron chi connectivity index (χ1n) is 9.43. The summed E-state index contributed by atoms with van der Waals surface area (Å²) >= 11 is 0. The Hall–Kier alpha value is -3.09. The maximum Gasteiger partial charge on any atom is 0.237 e. The quantitative estimate of drug-likeness (QED) is 0.655. The molecule has 1 N–H and O–H groups in total. The van der Waals surface area contributed by atoms with E-state index < -0.39 is 5.41 Å². The van der Waals surface area contributed by atoms with Crippen molar-refractivity contribution in [2.75, 3.05) is 27.8 Å². The maximum atomic E-state index is 12.8. The zero-order valence-electron chi connectivity index (χ0n) is 17.7. The zero-order valence-corrected chi connectivity index (χ0v) is 17.7. The molecule has 0 saturated heterocycles. The monoisotopic (exact) mass is 399 g/mol. The van der Waals surface area contributed by atoms with E-state index in [-0.39, 0.29) is 18.4 Å². The zero-order chi connectivity index (χ0) is 21.4. The van der Waals surface area contributed by atoms with Crippen LogP contribution in [0.5, 0.6) is 11.5 Å². The Labute approximate surface area is 172 Å². The summed E-state index contributed by atoms with van der Waals surface area (Å²) in [6.45, 7) is 4.09. The Kier molecular flexibility index (Phi) is 7.59. The second-order valence-corrected chi connectivity index (χ2v) is 7.33. The number of benzene rings is 1. The fourth-order valence-corrected chi connectivity index (χ4v) is 2.92. The number of nitrogens with one attached hydrogen (secondary N) is 1. The Morgan fingerprint density at radius 3 is 2.31 bits per heavy atom. The average Bonchev–Trinajstić information content (AvgIpc) is 2.75. The maximum absolute atomic E-state index is 12.8. The van der Waals surface area contributed by atoms with Gasteiger partial charge in [-0.25, -0.2) is 0 Å². The number of rotatable bonds is 9. The summed E-state index contributed by atoms with van der Waals surface area (Å²) in [7, 11) is 4.84. The van der Waals surface area contributed by atoms with Crippen LogP contribution < -0.4 is 14.8 Å². The first kappa shape index (κ1) is 22.2. The fourth-order valence-electron chi connectivity index (χ4n) is 2.92. The van der Waals surface area contributed by atoms with Gasteiger partial charge < -0.3 is 19.7 Å². The predicted molar refractivity (Wildman–Crippen MR) is 111 cm³/mol.